The van der Waals surface area contributed by atoms with Crippen LogP contribution in [0.3, 0.4) is 0 Å². The van der Waals surface area contributed by atoms with E-state index < -0.39 is 0 Å². The number of nitrogens with zero attached hydrogens (tertiary/aromatic N) is 2. The molecular formula is C12H8ClN3O. The number of aromatic nitrogens is 3. The number of aromatic amines is 1. The Hall–Kier alpha value is -2.07. The Balaban J connectivity index is 2.02. The summed E-state index contributed by atoms with van der Waals surface area (Å²) in [5.74, 6) is 1.16. The number of hydrogen-bond donors (Lipinski definition) is 1. The van der Waals surface area contributed by atoms with Gasteiger partial charge in [-0.3, -0.25) is 0 Å². The SMILES string of the molecule is Clc1cc(Oc2cccc3[nH]ccc23)ncn1. The smallest absolute Gasteiger partial charge is 0.223 e. The number of halogens is 1. The van der Waals surface area contributed by atoms with Crippen molar-refractivity contribution in [2.24, 2.45) is 0 Å². The third-order valence-electron chi connectivity index (χ3n) is 2.38. The zero-order valence-corrected chi connectivity index (χ0v) is 9.48. The standard InChI is InChI=1S/C12H8ClN3O/c13-11-6-12(16-7-15-11)17-10-3-1-2-9-8(10)4-5-14-9/h1-7,14H. The van der Waals surface area contributed by atoms with Crippen LogP contribution >= 0.6 is 11.6 Å². The van der Waals surface area contributed by atoms with E-state index in [1.807, 2.05) is 30.5 Å². The highest BCUT2D eigenvalue weighted by atomic mass is 35.5. The predicted octanol–water partition coefficient (Wildman–Crippen LogP) is 3.40. The molecule has 2 aromatic heterocycles. The second-order valence-corrected chi connectivity index (χ2v) is 3.86. The van der Waals surface area contributed by atoms with Crippen LogP contribution < -0.4 is 4.74 Å². The first-order chi connectivity index (χ1) is 8.33. The monoisotopic (exact) mass is 245 g/mol. The summed E-state index contributed by atoms with van der Waals surface area (Å²) in [5.41, 5.74) is 1.02. The topological polar surface area (TPSA) is 50.8 Å². The zero-order chi connectivity index (χ0) is 11.7. The van der Waals surface area contributed by atoms with E-state index in [1.54, 1.807) is 6.07 Å². The maximum Gasteiger partial charge on any atom is 0.223 e. The van der Waals surface area contributed by atoms with Crippen molar-refractivity contribution in [2.75, 3.05) is 0 Å². The molecule has 0 saturated carbocycles. The van der Waals surface area contributed by atoms with Crippen LogP contribution in [0.1, 0.15) is 0 Å². The van der Waals surface area contributed by atoms with E-state index >= 15 is 0 Å². The molecule has 0 radical (unpaired) electrons. The molecule has 0 aliphatic rings. The summed E-state index contributed by atoms with van der Waals surface area (Å²) in [6, 6.07) is 9.30. The lowest BCUT2D eigenvalue weighted by Gasteiger charge is -2.05. The Labute approximate surface area is 102 Å². The van der Waals surface area contributed by atoms with Crippen LogP contribution in [0.25, 0.3) is 10.9 Å². The Morgan fingerprint density at radius 3 is 3.00 bits per heavy atom. The molecule has 2 heterocycles. The van der Waals surface area contributed by atoms with Gasteiger partial charge in [0.15, 0.2) is 0 Å². The Kier molecular flexibility index (Phi) is 2.42. The van der Waals surface area contributed by atoms with Gasteiger partial charge in [0.1, 0.15) is 17.2 Å². The number of nitrogens with one attached hydrogen (secondary N) is 1. The van der Waals surface area contributed by atoms with Crippen LogP contribution in [-0.2, 0) is 0 Å². The number of hydrogen-bond acceptors (Lipinski definition) is 3. The number of benzene rings is 1. The molecule has 1 aromatic carbocycles. The number of fused-ring (bicyclic) bond motifs is 1. The molecule has 0 fully saturated rings. The van der Waals surface area contributed by atoms with Gasteiger partial charge in [-0.2, -0.15) is 0 Å². The fourth-order valence-corrected chi connectivity index (χ4v) is 1.77. The molecule has 0 unspecified atom stereocenters. The Bertz CT molecular complexity index is 665. The zero-order valence-electron chi connectivity index (χ0n) is 8.72. The third-order valence-corrected chi connectivity index (χ3v) is 2.58. The molecule has 0 aliphatic carbocycles. The lowest BCUT2D eigenvalue weighted by molar-refractivity contribution is 0.467. The largest absolute Gasteiger partial charge is 0.438 e. The average molecular weight is 246 g/mol. The minimum Gasteiger partial charge on any atom is -0.438 e. The van der Waals surface area contributed by atoms with E-state index in [-0.39, 0.29) is 0 Å². The fraction of sp³-hybridized carbons (Fsp3) is 0. The molecule has 0 saturated heterocycles. The molecule has 1 N–H and O–H groups in total. The van der Waals surface area contributed by atoms with Crippen LogP contribution in [0.15, 0.2) is 42.9 Å². The molecule has 0 spiro atoms. The van der Waals surface area contributed by atoms with Crippen molar-refractivity contribution in [1.29, 1.82) is 0 Å². The molecule has 0 amide bonds. The highest BCUT2D eigenvalue weighted by molar-refractivity contribution is 6.29. The lowest BCUT2D eigenvalue weighted by atomic mass is 10.2. The maximum atomic E-state index is 5.77. The van der Waals surface area contributed by atoms with E-state index in [1.165, 1.54) is 6.33 Å². The van der Waals surface area contributed by atoms with Gasteiger partial charge >= 0.3 is 0 Å². The van der Waals surface area contributed by atoms with Crippen molar-refractivity contribution in [3.8, 4) is 11.6 Å². The van der Waals surface area contributed by atoms with Crippen LogP contribution in [0.2, 0.25) is 5.15 Å². The van der Waals surface area contributed by atoms with Gasteiger partial charge in [0.25, 0.3) is 0 Å². The van der Waals surface area contributed by atoms with Gasteiger partial charge in [-0.1, -0.05) is 17.7 Å². The van der Waals surface area contributed by atoms with Gasteiger partial charge < -0.3 is 9.72 Å². The normalized spacial score (nSPS) is 10.6. The molecule has 0 bridgehead atoms. The second-order valence-electron chi connectivity index (χ2n) is 3.48. The van der Waals surface area contributed by atoms with E-state index in [0.29, 0.717) is 11.0 Å². The average Bonchev–Trinajstić information content (AvgIpc) is 2.78. The second kappa shape index (κ2) is 4.07. The molecule has 3 aromatic rings. The van der Waals surface area contributed by atoms with Crippen LogP contribution in [0, 0.1) is 0 Å². The first-order valence-corrected chi connectivity index (χ1v) is 5.42. The lowest BCUT2D eigenvalue weighted by Crippen LogP contribution is -1.89. The summed E-state index contributed by atoms with van der Waals surface area (Å²) >= 11 is 5.77. The third kappa shape index (κ3) is 1.94. The van der Waals surface area contributed by atoms with Gasteiger partial charge in [0.2, 0.25) is 5.88 Å². The summed E-state index contributed by atoms with van der Waals surface area (Å²) in [5, 5.41) is 1.36. The molecular weight excluding hydrogens is 238 g/mol. The summed E-state index contributed by atoms with van der Waals surface area (Å²) in [7, 11) is 0. The van der Waals surface area contributed by atoms with E-state index in [0.717, 1.165) is 16.7 Å². The molecule has 17 heavy (non-hydrogen) atoms. The van der Waals surface area contributed by atoms with Crippen molar-refractivity contribution in [2.45, 2.75) is 0 Å². The van der Waals surface area contributed by atoms with Crippen molar-refractivity contribution >= 4 is 22.5 Å². The van der Waals surface area contributed by atoms with Gasteiger partial charge in [0, 0.05) is 23.2 Å². The fourth-order valence-electron chi connectivity index (χ4n) is 1.63. The van der Waals surface area contributed by atoms with Gasteiger partial charge in [-0.05, 0) is 18.2 Å². The first kappa shape index (κ1) is 10.1. The predicted molar refractivity (Wildman–Crippen MR) is 65.4 cm³/mol. The van der Waals surface area contributed by atoms with Crippen molar-refractivity contribution in [1.82, 2.24) is 15.0 Å². The van der Waals surface area contributed by atoms with Gasteiger partial charge in [-0.25, -0.2) is 9.97 Å². The highest BCUT2D eigenvalue weighted by Gasteiger charge is 2.05. The quantitative estimate of drug-likeness (QED) is 0.704. The van der Waals surface area contributed by atoms with Gasteiger partial charge in [-0.15, -0.1) is 0 Å². The van der Waals surface area contributed by atoms with Crippen molar-refractivity contribution < 1.29 is 4.74 Å². The van der Waals surface area contributed by atoms with E-state index in [9.17, 15) is 0 Å². The van der Waals surface area contributed by atoms with Crippen molar-refractivity contribution in [3.05, 3.63) is 48.0 Å². The number of rotatable bonds is 2. The Morgan fingerprint density at radius 2 is 2.12 bits per heavy atom. The van der Waals surface area contributed by atoms with Crippen LogP contribution in [-0.4, -0.2) is 15.0 Å². The Morgan fingerprint density at radius 1 is 1.18 bits per heavy atom. The molecule has 4 nitrogen and oxygen atoms in total. The number of ether oxygens (including phenoxy) is 1. The van der Waals surface area contributed by atoms with E-state index in [4.69, 9.17) is 16.3 Å². The minimum absolute atomic E-state index is 0.358. The summed E-state index contributed by atoms with van der Waals surface area (Å²) in [6.07, 6.45) is 3.24. The molecule has 84 valence electrons. The first-order valence-electron chi connectivity index (χ1n) is 5.04. The molecule has 3 rings (SSSR count). The summed E-state index contributed by atoms with van der Waals surface area (Å²) in [4.78, 5) is 10.9. The van der Waals surface area contributed by atoms with Crippen LogP contribution in [0.5, 0.6) is 11.6 Å². The van der Waals surface area contributed by atoms with E-state index in [2.05, 4.69) is 15.0 Å². The van der Waals surface area contributed by atoms with Crippen LogP contribution in [0.4, 0.5) is 0 Å². The molecule has 5 heteroatoms. The number of H-pyrrole nitrogens is 1. The summed E-state index contributed by atoms with van der Waals surface area (Å²) in [6.45, 7) is 0. The maximum absolute atomic E-state index is 5.77. The summed E-state index contributed by atoms with van der Waals surface area (Å²) < 4.78 is 5.68. The minimum atomic E-state index is 0.358. The van der Waals surface area contributed by atoms with Gasteiger partial charge in [0.05, 0.1) is 0 Å². The molecule has 0 atom stereocenters. The van der Waals surface area contributed by atoms with Crippen molar-refractivity contribution in [3.63, 3.8) is 0 Å². The highest BCUT2D eigenvalue weighted by Crippen LogP contribution is 2.28. The molecule has 0 aliphatic heterocycles.